The number of aromatic amines is 1. The maximum Gasteiger partial charge on any atom is 0.258 e. The Bertz CT molecular complexity index is 921. The second kappa shape index (κ2) is 7.11. The Labute approximate surface area is 156 Å². The van der Waals surface area contributed by atoms with Gasteiger partial charge in [-0.15, -0.1) is 0 Å². The van der Waals surface area contributed by atoms with Crippen molar-refractivity contribution < 1.29 is 9.18 Å². The number of anilines is 2. The van der Waals surface area contributed by atoms with E-state index in [2.05, 4.69) is 27.1 Å². The van der Waals surface area contributed by atoms with Crippen LogP contribution < -0.4 is 15.8 Å². The van der Waals surface area contributed by atoms with Gasteiger partial charge in [0.1, 0.15) is 11.6 Å². The van der Waals surface area contributed by atoms with Gasteiger partial charge in [0.15, 0.2) is 0 Å². The molecule has 2 aliphatic rings. The maximum atomic E-state index is 13.7. The molecule has 0 unspecified atom stereocenters. The van der Waals surface area contributed by atoms with E-state index >= 15 is 0 Å². The van der Waals surface area contributed by atoms with Crippen LogP contribution in [0.5, 0.6) is 0 Å². The molecule has 8 heteroatoms. The summed E-state index contributed by atoms with van der Waals surface area (Å²) in [5, 5.41) is 2.71. The maximum absolute atomic E-state index is 13.7. The highest BCUT2D eigenvalue weighted by atomic mass is 19.1. The number of rotatable bonds is 3. The zero-order chi connectivity index (χ0) is 19.0. The van der Waals surface area contributed by atoms with Gasteiger partial charge in [0, 0.05) is 38.5 Å². The first kappa shape index (κ1) is 17.7. The largest absolute Gasteiger partial charge is 0.340 e. The molecule has 3 heterocycles. The van der Waals surface area contributed by atoms with E-state index in [1.54, 1.807) is 12.1 Å². The number of carbonyl (C=O) groups is 1. The predicted molar refractivity (Wildman–Crippen MR) is 101 cm³/mol. The Balaban J connectivity index is 1.70. The summed E-state index contributed by atoms with van der Waals surface area (Å²) in [7, 11) is 0. The Hall–Kier alpha value is -2.74. The van der Waals surface area contributed by atoms with E-state index in [1.165, 1.54) is 12.1 Å². The van der Waals surface area contributed by atoms with E-state index in [0.717, 1.165) is 32.7 Å². The lowest BCUT2D eigenvalue weighted by Gasteiger charge is -2.35. The zero-order valence-corrected chi connectivity index (χ0v) is 15.2. The number of hydrogen-bond acceptors (Lipinski definition) is 5. The Morgan fingerprint density at radius 3 is 2.70 bits per heavy atom. The molecule has 2 aromatic rings. The number of amides is 1. The molecular formula is C19H22FN5O2. The van der Waals surface area contributed by atoms with Gasteiger partial charge in [-0.3, -0.25) is 14.6 Å². The van der Waals surface area contributed by atoms with Crippen LogP contribution in [0.3, 0.4) is 0 Å². The molecule has 7 nitrogen and oxygen atoms in total. The molecular weight excluding hydrogens is 349 g/mol. The molecule has 1 aromatic heterocycles. The second-order valence-electron chi connectivity index (χ2n) is 6.93. The first-order valence-corrected chi connectivity index (χ1v) is 9.22. The third-order valence-corrected chi connectivity index (χ3v) is 5.31. The molecule has 2 aliphatic heterocycles. The molecule has 1 aromatic carbocycles. The molecule has 0 spiro atoms. The summed E-state index contributed by atoms with van der Waals surface area (Å²) >= 11 is 0. The van der Waals surface area contributed by atoms with Crippen LogP contribution in [0.4, 0.5) is 16.2 Å². The average Bonchev–Trinajstić information content (AvgIpc) is 2.67. The van der Waals surface area contributed by atoms with E-state index in [9.17, 15) is 14.0 Å². The van der Waals surface area contributed by atoms with Crippen molar-refractivity contribution in [2.75, 3.05) is 42.9 Å². The molecule has 1 amide bonds. The molecule has 0 aliphatic carbocycles. The van der Waals surface area contributed by atoms with Crippen molar-refractivity contribution in [3.8, 4) is 0 Å². The Kier molecular flexibility index (Phi) is 4.65. The van der Waals surface area contributed by atoms with E-state index in [4.69, 9.17) is 0 Å². The fourth-order valence-electron chi connectivity index (χ4n) is 3.79. The lowest BCUT2D eigenvalue weighted by Crippen LogP contribution is -2.47. The van der Waals surface area contributed by atoms with Crippen molar-refractivity contribution in [1.29, 1.82) is 0 Å². The van der Waals surface area contributed by atoms with Gasteiger partial charge in [-0.25, -0.2) is 4.39 Å². The number of aromatic nitrogens is 2. The number of benzene rings is 1. The Morgan fingerprint density at radius 1 is 1.22 bits per heavy atom. The number of piperazine rings is 1. The number of fused-ring (bicyclic) bond motifs is 1. The third-order valence-electron chi connectivity index (χ3n) is 5.31. The smallest absolute Gasteiger partial charge is 0.258 e. The van der Waals surface area contributed by atoms with Gasteiger partial charge in [0.05, 0.1) is 5.56 Å². The number of nitrogens with zero attached hydrogens (tertiary/aromatic N) is 3. The van der Waals surface area contributed by atoms with E-state index in [-0.39, 0.29) is 23.7 Å². The van der Waals surface area contributed by atoms with Crippen molar-refractivity contribution in [3.63, 3.8) is 0 Å². The molecule has 0 radical (unpaired) electrons. The minimum Gasteiger partial charge on any atom is -0.340 e. The van der Waals surface area contributed by atoms with Gasteiger partial charge in [0.25, 0.3) is 5.56 Å². The summed E-state index contributed by atoms with van der Waals surface area (Å²) in [6.45, 7) is 6.43. The highest BCUT2D eigenvalue weighted by molar-refractivity contribution is 5.94. The molecule has 1 saturated heterocycles. The fourth-order valence-corrected chi connectivity index (χ4v) is 3.79. The van der Waals surface area contributed by atoms with Crippen molar-refractivity contribution in [2.24, 2.45) is 0 Å². The summed E-state index contributed by atoms with van der Waals surface area (Å²) in [5.74, 6) is -0.384. The van der Waals surface area contributed by atoms with Crippen molar-refractivity contribution in [1.82, 2.24) is 14.9 Å². The first-order chi connectivity index (χ1) is 13.0. The first-order valence-electron chi connectivity index (χ1n) is 9.22. The number of nitrogens with one attached hydrogen (secondary N) is 2. The van der Waals surface area contributed by atoms with Gasteiger partial charge in [-0.1, -0.05) is 19.1 Å². The number of likely N-dealkylation sites (N-methyl/N-ethyl adjacent to an activating group) is 1. The molecule has 0 bridgehead atoms. The van der Waals surface area contributed by atoms with Crippen LogP contribution >= 0.6 is 0 Å². The van der Waals surface area contributed by atoms with Crippen molar-refractivity contribution in [2.45, 2.75) is 19.3 Å². The standard InChI is InChI=1S/C19H22FN5O2/c1-2-24-6-8-25(9-7-24)19-22-17-16(18(27)23-19)14(11-15(26)21-17)12-4-3-5-13(20)10-12/h3-5,10,14H,2,6-9,11H2,1H3,(H2,21,22,23,26,27)/t14-/m1/s1. The molecule has 1 fully saturated rings. The van der Waals surface area contributed by atoms with Gasteiger partial charge >= 0.3 is 0 Å². The topological polar surface area (TPSA) is 81.3 Å². The summed E-state index contributed by atoms with van der Waals surface area (Å²) in [6, 6.07) is 6.02. The van der Waals surface area contributed by atoms with Crippen LogP contribution in [-0.2, 0) is 4.79 Å². The molecule has 1 atom stereocenters. The van der Waals surface area contributed by atoms with Crippen LogP contribution in [0.25, 0.3) is 0 Å². The van der Waals surface area contributed by atoms with Gasteiger partial charge in [-0.05, 0) is 24.2 Å². The third kappa shape index (κ3) is 3.44. The summed E-state index contributed by atoms with van der Waals surface area (Å²) in [5.41, 5.74) is 0.695. The lowest BCUT2D eigenvalue weighted by molar-refractivity contribution is -0.116. The summed E-state index contributed by atoms with van der Waals surface area (Å²) in [4.78, 5) is 36.8. The van der Waals surface area contributed by atoms with Crippen LogP contribution in [0.1, 0.15) is 30.4 Å². The molecule has 2 N–H and O–H groups in total. The quantitative estimate of drug-likeness (QED) is 0.855. The van der Waals surface area contributed by atoms with Crippen LogP contribution in [-0.4, -0.2) is 53.5 Å². The van der Waals surface area contributed by atoms with Gasteiger partial charge in [-0.2, -0.15) is 4.98 Å². The van der Waals surface area contributed by atoms with Gasteiger partial charge in [0.2, 0.25) is 11.9 Å². The minimum absolute atomic E-state index is 0.0930. The van der Waals surface area contributed by atoms with E-state index < -0.39 is 11.7 Å². The molecule has 4 rings (SSSR count). The fraction of sp³-hybridized carbons (Fsp3) is 0.421. The van der Waals surface area contributed by atoms with E-state index in [0.29, 0.717) is 17.1 Å². The molecule has 27 heavy (non-hydrogen) atoms. The monoisotopic (exact) mass is 371 g/mol. The minimum atomic E-state index is -0.508. The zero-order valence-electron chi connectivity index (χ0n) is 15.2. The van der Waals surface area contributed by atoms with Crippen LogP contribution in [0.15, 0.2) is 29.1 Å². The predicted octanol–water partition coefficient (Wildman–Crippen LogP) is 1.52. The highest BCUT2D eigenvalue weighted by Crippen LogP contribution is 2.34. The molecule has 0 saturated carbocycles. The normalized spacial score (nSPS) is 20.3. The number of H-pyrrole nitrogens is 1. The highest BCUT2D eigenvalue weighted by Gasteiger charge is 2.32. The van der Waals surface area contributed by atoms with Crippen LogP contribution in [0, 0.1) is 5.82 Å². The summed E-state index contributed by atoms with van der Waals surface area (Å²) < 4.78 is 13.7. The SMILES string of the molecule is CCN1CCN(c2nc3c(c(=O)[nH]2)[C@@H](c2cccc(F)c2)CC(=O)N3)CC1. The summed E-state index contributed by atoms with van der Waals surface area (Å²) in [6.07, 6.45) is 0.0930. The van der Waals surface area contributed by atoms with Gasteiger partial charge < -0.3 is 15.1 Å². The average molecular weight is 371 g/mol. The van der Waals surface area contributed by atoms with Crippen LogP contribution in [0.2, 0.25) is 0 Å². The van der Waals surface area contributed by atoms with Crippen molar-refractivity contribution in [3.05, 3.63) is 51.6 Å². The number of hydrogen-bond donors (Lipinski definition) is 2. The lowest BCUT2D eigenvalue weighted by atomic mass is 9.87. The Morgan fingerprint density at radius 2 is 2.00 bits per heavy atom. The number of carbonyl (C=O) groups excluding carboxylic acids is 1. The number of halogens is 1. The van der Waals surface area contributed by atoms with E-state index in [1.807, 2.05) is 4.90 Å². The van der Waals surface area contributed by atoms with Crippen molar-refractivity contribution >= 4 is 17.7 Å². The molecule has 142 valence electrons. The second-order valence-corrected chi connectivity index (χ2v) is 6.93.